The molecular formula is C14H21N3O3S. The molecule has 0 atom stereocenters. The molecule has 0 amide bonds. The molecule has 1 heterocycles. The maximum atomic E-state index is 12.8. The fourth-order valence-electron chi connectivity index (χ4n) is 2.79. The maximum absolute atomic E-state index is 12.8. The van der Waals surface area contributed by atoms with Crippen LogP contribution in [0.15, 0.2) is 23.1 Å². The quantitative estimate of drug-likeness (QED) is 0.830. The fourth-order valence-corrected chi connectivity index (χ4v) is 4.34. The summed E-state index contributed by atoms with van der Waals surface area (Å²) in [5, 5.41) is 0. The first-order valence-corrected chi connectivity index (χ1v) is 8.64. The normalized spacial score (nSPS) is 21.4. The molecule has 3 rings (SSSR count). The van der Waals surface area contributed by atoms with Crippen molar-refractivity contribution >= 4 is 15.7 Å². The van der Waals surface area contributed by atoms with Crippen molar-refractivity contribution in [2.75, 3.05) is 39.0 Å². The van der Waals surface area contributed by atoms with E-state index >= 15 is 0 Å². The predicted octanol–water partition coefficient (Wildman–Crippen LogP) is 0.746. The molecule has 7 heteroatoms. The number of benzene rings is 1. The van der Waals surface area contributed by atoms with Gasteiger partial charge in [0.2, 0.25) is 10.0 Å². The van der Waals surface area contributed by atoms with Gasteiger partial charge in [-0.05, 0) is 25.0 Å². The number of hydrogen-bond acceptors (Lipinski definition) is 5. The van der Waals surface area contributed by atoms with Crippen LogP contribution in [-0.4, -0.2) is 57.0 Å². The van der Waals surface area contributed by atoms with Crippen LogP contribution in [0.1, 0.15) is 12.8 Å². The molecule has 0 unspecified atom stereocenters. The van der Waals surface area contributed by atoms with Gasteiger partial charge >= 0.3 is 0 Å². The van der Waals surface area contributed by atoms with Gasteiger partial charge in [0.1, 0.15) is 10.6 Å². The molecule has 1 aromatic rings. The van der Waals surface area contributed by atoms with E-state index in [-0.39, 0.29) is 4.90 Å². The minimum absolute atomic E-state index is 0.194. The van der Waals surface area contributed by atoms with Crippen LogP contribution in [0.3, 0.4) is 0 Å². The topological polar surface area (TPSA) is 75.9 Å². The van der Waals surface area contributed by atoms with E-state index in [0.29, 0.717) is 30.6 Å². The second-order valence-corrected chi connectivity index (χ2v) is 7.49. The number of nitrogen functional groups attached to an aromatic ring is 1. The molecule has 2 aliphatic rings. The van der Waals surface area contributed by atoms with Crippen LogP contribution >= 0.6 is 0 Å². The predicted molar refractivity (Wildman–Crippen MR) is 80.8 cm³/mol. The van der Waals surface area contributed by atoms with E-state index in [1.54, 1.807) is 16.4 Å². The van der Waals surface area contributed by atoms with Gasteiger partial charge in [-0.3, -0.25) is 4.90 Å². The summed E-state index contributed by atoms with van der Waals surface area (Å²) in [4.78, 5) is 2.57. The lowest BCUT2D eigenvalue weighted by Gasteiger charge is -2.34. The number of methoxy groups -OCH3 is 1. The van der Waals surface area contributed by atoms with Crippen molar-refractivity contribution in [2.45, 2.75) is 23.8 Å². The average molecular weight is 311 g/mol. The van der Waals surface area contributed by atoms with Crippen LogP contribution in [0.25, 0.3) is 0 Å². The van der Waals surface area contributed by atoms with Crippen LogP contribution in [0.4, 0.5) is 5.69 Å². The SMILES string of the molecule is COc1cc(N)ccc1S(=O)(=O)N1CCN(C2CC2)CC1. The first-order chi connectivity index (χ1) is 10.0. The number of nitrogens with zero attached hydrogens (tertiary/aromatic N) is 2. The van der Waals surface area contributed by atoms with Crippen LogP contribution in [0.2, 0.25) is 0 Å². The van der Waals surface area contributed by atoms with Gasteiger partial charge < -0.3 is 10.5 Å². The molecule has 1 saturated carbocycles. The van der Waals surface area contributed by atoms with Gasteiger partial charge in [-0.1, -0.05) is 0 Å². The van der Waals surface area contributed by atoms with Crippen molar-refractivity contribution in [3.05, 3.63) is 18.2 Å². The van der Waals surface area contributed by atoms with Crippen LogP contribution in [0, 0.1) is 0 Å². The molecular weight excluding hydrogens is 290 g/mol. The Balaban J connectivity index is 1.80. The Bertz CT molecular complexity index is 620. The molecule has 2 N–H and O–H groups in total. The van der Waals surface area contributed by atoms with Crippen molar-refractivity contribution in [2.24, 2.45) is 0 Å². The molecule has 1 aliphatic heterocycles. The molecule has 21 heavy (non-hydrogen) atoms. The van der Waals surface area contributed by atoms with Crippen LogP contribution in [0.5, 0.6) is 5.75 Å². The smallest absolute Gasteiger partial charge is 0.246 e. The number of piperazine rings is 1. The van der Waals surface area contributed by atoms with E-state index in [1.165, 1.54) is 26.0 Å². The average Bonchev–Trinajstić information content (AvgIpc) is 3.31. The van der Waals surface area contributed by atoms with E-state index < -0.39 is 10.0 Å². The Labute approximate surface area is 125 Å². The van der Waals surface area contributed by atoms with Gasteiger partial charge in [0, 0.05) is 44.0 Å². The Morgan fingerprint density at radius 1 is 1.19 bits per heavy atom. The maximum Gasteiger partial charge on any atom is 0.246 e. The summed E-state index contributed by atoms with van der Waals surface area (Å²) in [5.41, 5.74) is 6.18. The summed E-state index contributed by atoms with van der Waals surface area (Å²) < 4.78 is 32.2. The summed E-state index contributed by atoms with van der Waals surface area (Å²) in [6.45, 7) is 2.68. The molecule has 2 fully saturated rings. The summed E-state index contributed by atoms with van der Waals surface area (Å²) in [6, 6.07) is 5.35. The second kappa shape index (κ2) is 5.47. The standard InChI is InChI=1S/C14H21N3O3S/c1-20-13-10-11(15)2-5-14(13)21(18,19)17-8-6-16(7-9-17)12-3-4-12/h2,5,10,12H,3-4,6-9,15H2,1H3. The van der Waals surface area contributed by atoms with Gasteiger partial charge in [0.05, 0.1) is 7.11 Å². The van der Waals surface area contributed by atoms with E-state index in [1.807, 2.05) is 0 Å². The lowest BCUT2D eigenvalue weighted by molar-refractivity contribution is 0.180. The number of nitrogens with two attached hydrogens (primary N) is 1. The van der Waals surface area contributed by atoms with Crippen molar-refractivity contribution in [1.82, 2.24) is 9.21 Å². The highest BCUT2D eigenvalue weighted by Crippen LogP contribution is 2.31. The van der Waals surface area contributed by atoms with Gasteiger partial charge in [-0.15, -0.1) is 0 Å². The number of ether oxygens (including phenoxy) is 1. The van der Waals surface area contributed by atoms with Gasteiger partial charge in [0.15, 0.2) is 0 Å². The van der Waals surface area contributed by atoms with Crippen molar-refractivity contribution < 1.29 is 13.2 Å². The zero-order valence-electron chi connectivity index (χ0n) is 12.2. The largest absolute Gasteiger partial charge is 0.495 e. The molecule has 0 aromatic heterocycles. The summed E-state index contributed by atoms with van der Waals surface area (Å²) >= 11 is 0. The van der Waals surface area contributed by atoms with Crippen molar-refractivity contribution in [1.29, 1.82) is 0 Å². The fraction of sp³-hybridized carbons (Fsp3) is 0.571. The van der Waals surface area contributed by atoms with E-state index in [2.05, 4.69) is 4.90 Å². The third-order valence-corrected chi connectivity index (χ3v) is 6.08. The molecule has 6 nitrogen and oxygen atoms in total. The Morgan fingerprint density at radius 3 is 2.43 bits per heavy atom. The first-order valence-electron chi connectivity index (χ1n) is 7.20. The van der Waals surface area contributed by atoms with Crippen molar-refractivity contribution in [3.63, 3.8) is 0 Å². The highest BCUT2D eigenvalue weighted by atomic mass is 32.2. The summed E-state index contributed by atoms with van der Waals surface area (Å²) in [7, 11) is -2.07. The molecule has 116 valence electrons. The third-order valence-electron chi connectivity index (χ3n) is 4.14. The van der Waals surface area contributed by atoms with E-state index in [4.69, 9.17) is 10.5 Å². The molecule has 0 radical (unpaired) electrons. The monoisotopic (exact) mass is 311 g/mol. The van der Waals surface area contributed by atoms with Gasteiger partial charge in [0.25, 0.3) is 0 Å². The highest BCUT2D eigenvalue weighted by Gasteiger charge is 2.35. The molecule has 1 aliphatic carbocycles. The lowest BCUT2D eigenvalue weighted by Crippen LogP contribution is -2.49. The Kier molecular flexibility index (Phi) is 3.81. The third kappa shape index (κ3) is 2.86. The number of anilines is 1. The molecule has 1 saturated heterocycles. The number of hydrogen-bond donors (Lipinski definition) is 1. The highest BCUT2D eigenvalue weighted by molar-refractivity contribution is 7.89. The second-order valence-electron chi connectivity index (χ2n) is 5.58. The minimum atomic E-state index is -3.52. The molecule has 0 spiro atoms. The lowest BCUT2D eigenvalue weighted by atomic mass is 10.3. The summed E-state index contributed by atoms with van der Waals surface area (Å²) in [5.74, 6) is 0.305. The van der Waals surface area contributed by atoms with E-state index in [0.717, 1.165) is 13.1 Å². The van der Waals surface area contributed by atoms with E-state index in [9.17, 15) is 8.42 Å². The van der Waals surface area contributed by atoms with Gasteiger partial charge in [-0.25, -0.2) is 8.42 Å². The Hall–Kier alpha value is -1.31. The zero-order chi connectivity index (χ0) is 15.0. The number of sulfonamides is 1. The van der Waals surface area contributed by atoms with Crippen molar-refractivity contribution in [3.8, 4) is 5.75 Å². The Morgan fingerprint density at radius 2 is 1.86 bits per heavy atom. The molecule has 0 bridgehead atoms. The molecule has 1 aromatic carbocycles. The zero-order valence-corrected chi connectivity index (χ0v) is 13.0. The minimum Gasteiger partial charge on any atom is -0.495 e. The van der Waals surface area contributed by atoms with Crippen LogP contribution < -0.4 is 10.5 Å². The van der Waals surface area contributed by atoms with Gasteiger partial charge in [-0.2, -0.15) is 4.31 Å². The first kappa shape index (κ1) is 14.6. The van der Waals surface area contributed by atoms with Crippen LogP contribution in [-0.2, 0) is 10.0 Å². The number of rotatable bonds is 4. The summed E-state index contributed by atoms with van der Waals surface area (Å²) in [6.07, 6.45) is 2.50.